The van der Waals surface area contributed by atoms with Gasteiger partial charge in [-0.15, -0.1) is 0 Å². The van der Waals surface area contributed by atoms with E-state index in [-0.39, 0.29) is 10.6 Å². The predicted octanol–water partition coefficient (Wildman–Crippen LogP) is 3.69. The number of carbonyl (C=O) groups excluding carboxylic acids is 1. The van der Waals surface area contributed by atoms with E-state index < -0.39 is 0 Å². The zero-order chi connectivity index (χ0) is 12.1. The summed E-state index contributed by atoms with van der Waals surface area (Å²) in [6, 6.07) is 7.22. The number of rotatable bonds is 5. The summed E-state index contributed by atoms with van der Waals surface area (Å²) in [5.41, 5.74) is 0.725. The van der Waals surface area contributed by atoms with E-state index in [0.717, 1.165) is 17.7 Å². The van der Waals surface area contributed by atoms with Crippen molar-refractivity contribution in [1.29, 1.82) is 0 Å². The van der Waals surface area contributed by atoms with E-state index >= 15 is 0 Å². The van der Waals surface area contributed by atoms with Gasteiger partial charge in [0.1, 0.15) is 5.75 Å². The zero-order valence-electron chi connectivity index (χ0n) is 9.87. The normalized spacial score (nSPS) is 12.6. The number of hydrogen-bond donors (Lipinski definition) is 0. The highest BCUT2D eigenvalue weighted by molar-refractivity contribution is 9.10. The second kappa shape index (κ2) is 6.04. The maximum Gasteiger partial charge on any atom is 0.176 e. The molecule has 0 saturated carbocycles. The molecule has 0 heterocycles. The molecule has 0 radical (unpaired) electrons. The Labute approximate surface area is 105 Å². The Balaban J connectivity index is 2.72. The van der Waals surface area contributed by atoms with Crippen LogP contribution in [0.4, 0.5) is 0 Å². The Hall–Kier alpha value is -0.830. The lowest BCUT2D eigenvalue weighted by atomic mass is 10.0. The maximum absolute atomic E-state index is 12.0. The fourth-order valence-electron chi connectivity index (χ4n) is 1.46. The molecule has 0 aliphatic heterocycles. The Morgan fingerprint density at radius 1 is 1.31 bits per heavy atom. The minimum atomic E-state index is -0.0964. The van der Waals surface area contributed by atoms with Gasteiger partial charge >= 0.3 is 0 Å². The molecule has 1 rings (SSSR count). The van der Waals surface area contributed by atoms with Crippen molar-refractivity contribution in [2.24, 2.45) is 5.92 Å². The van der Waals surface area contributed by atoms with Gasteiger partial charge in [0.25, 0.3) is 0 Å². The summed E-state index contributed by atoms with van der Waals surface area (Å²) < 4.78 is 5.05. The average molecular weight is 285 g/mol. The van der Waals surface area contributed by atoms with Crippen LogP contribution in [0.5, 0.6) is 5.75 Å². The van der Waals surface area contributed by atoms with Gasteiger partial charge in [-0.25, -0.2) is 0 Å². The van der Waals surface area contributed by atoms with Crippen LogP contribution in [-0.4, -0.2) is 17.7 Å². The molecular weight excluding hydrogens is 268 g/mol. The van der Waals surface area contributed by atoms with Gasteiger partial charge in [-0.2, -0.15) is 0 Å². The zero-order valence-corrected chi connectivity index (χ0v) is 11.5. The number of halogens is 1. The van der Waals surface area contributed by atoms with E-state index in [1.165, 1.54) is 0 Å². The first-order valence-corrected chi connectivity index (χ1v) is 6.28. The molecule has 0 amide bonds. The number of hydrogen-bond acceptors (Lipinski definition) is 2. The van der Waals surface area contributed by atoms with Crippen molar-refractivity contribution in [3.63, 3.8) is 0 Å². The van der Waals surface area contributed by atoms with Gasteiger partial charge in [-0.05, 0) is 36.6 Å². The van der Waals surface area contributed by atoms with E-state index in [4.69, 9.17) is 4.74 Å². The summed E-state index contributed by atoms with van der Waals surface area (Å²) in [5, 5.41) is 0. The second-order valence-corrected chi connectivity index (χ2v) is 5.30. The Morgan fingerprint density at radius 3 is 2.31 bits per heavy atom. The lowest BCUT2D eigenvalue weighted by Crippen LogP contribution is -2.16. The molecule has 0 spiro atoms. The summed E-state index contributed by atoms with van der Waals surface area (Å²) >= 11 is 3.44. The van der Waals surface area contributed by atoms with Crippen LogP contribution in [0.25, 0.3) is 0 Å². The molecule has 0 aliphatic rings. The van der Waals surface area contributed by atoms with E-state index in [1.807, 2.05) is 12.1 Å². The molecule has 1 aromatic rings. The number of ketones is 1. The third-order valence-electron chi connectivity index (χ3n) is 2.34. The van der Waals surface area contributed by atoms with Crippen molar-refractivity contribution in [2.45, 2.75) is 25.1 Å². The van der Waals surface area contributed by atoms with Crippen molar-refractivity contribution in [1.82, 2.24) is 0 Å². The van der Waals surface area contributed by atoms with Gasteiger partial charge in [-0.1, -0.05) is 29.8 Å². The Morgan fingerprint density at radius 2 is 1.88 bits per heavy atom. The van der Waals surface area contributed by atoms with Crippen molar-refractivity contribution in [3.05, 3.63) is 29.8 Å². The van der Waals surface area contributed by atoms with E-state index in [9.17, 15) is 4.79 Å². The number of alkyl halides is 1. The monoisotopic (exact) mass is 284 g/mol. The third kappa shape index (κ3) is 3.63. The van der Waals surface area contributed by atoms with E-state index in [0.29, 0.717) is 5.92 Å². The van der Waals surface area contributed by atoms with Crippen molar-refractivity contribution in [3.8, 4) is 5.75 Å². The standard InChI is InChI=1S/C13H17BrO2/c1-9(2)8-12(14)13(15)10-4-6-11(16-3)7-5-10/h4-7,9,12H,8H2,1-3H3/t12-/m0/s1. The molecule has 0 N–H and O–H groups in total. The lowest BCUT2D eigenvalue weighted by Gasteiger charge is -2.11. The third-order valence-corrected chi connectivity index (χ3v) is 3.13. The van der Waals surface area contributed by atoms with Crippen LogP contribution in [0, 0.1) is 5.92 Å². The molecule has 16 heavy (non-hydrogen) atoms. The summed E-state index contributed by atoms with van der Waals surface area (Å²) in [4.78, 5) is 11.9. The quantitative estimate of drug-likeness (QED) is 0.609. The first kappa shape index (κ1) is 13.2. The van der Waals surface area contributed by atoms with Crippen LogP contribution in [0.3, 0.4) is 0 Å². The highest BCUT2D eigenvalue weighted by Crippen LogP contribution is 2.19. The minimum absolute atomic E-state index is 0.0964. The minimum Gasteiger partial charge on any atom is -0.497 e. The molecule has 0 fully saturated rings. The molecular formula is C13H17BrO2. The SMILES string of the molecule is COc1ccc(C(=O)[C@@H](Br)CC(C)C)cc1. The number of Topliss-reactive ketones (excluding diaryl/α,β-unsaturated/α-hetero) is 1. The first-order chi connectivity index (χ1) is 7.54. The predicted molar refractivity (Wildman–Crippen MR) is 69.5 cm³/mol. The molecule has 88 valence electrons. The van der Waals surface area contributed by atoms with Crippen LogP contribution < -0.4 is 4.74 Å². The van der Waals surface area contributed by atoms with Crippen molar-refractivity contribution in [2.75, 3.05) is 7.11 Å². The van der Waals surface area contributed by atoms with E-state index in [2.05, 4.69) is 29.8 Å². The van der Waals surface area contributed by atoms with Gasteiger partial charge in [-0.3, -0.25) is 4.79 Å². The summed E-state index contributed by atoms with van der Waals surface area (Å²) in [6.07, 6.45) is 0.852. The Bertz CT molecular complexity index is 343. The Kier molecular flexibility index (Phi) is 5.00. The molecule has 0 unspecified atom stereocenters. The van der Waals surface area contributed by atoms with Gasteiger partial charge in [0, 0.05) is 5.56 Å². The molecule has 0 aliphatic carbocycles. The number of benzene rings is 1. The molecule has 1 atom stereocenters. The number of methoxy groups -OCH3 is 1. The molecule has 0 aromatic heterocycles. The fourth-order valence-corrected chi connectivity index (χ4v) is 2.47. The van der Waals surface area contributed by atoms with Gasteiger partial charge in [0.05, 0.1) is 11.9 Å². The van der Waals surface area contributed by atoms with Gasteiger partial charge in [0.2, 0.25) is 0 Å². The van der Waals surface area contributed by atoms with Gasteiger partial charge < -0.3 is 4.74 Å². The first-order valence-electron chi connectivity index (χ1n) is 5.37. The maximum atomic E-state index is 12.0. The lowest BCUT2D eigenvalue weighted by molar-refractivity contribution is 0.0984. The molecule has 1 aromatic carbocycles. The molecule has 0 bridgehead atoms. The molecule has 2 nitrogen and oxygen atoms in total. The molecule has 3 heteroatoms. The van der Waals surface area contributed by atoms with Crippen LogP contribution in [0.1, 0.15) is 30.6 Å². The number of ether oxygens (including phenoxy) is 1. The van der Waals surface area contributed by atoms with Crippen LogP contribution in [0.2, 0.25) is 0 Å². The van der Waals surface area contributed by atoms with Crippen LogP contribution in [0.15, 0.2) is 24.3 Å². The van der Waals surface area contributed by atoms with Gasteiger partial charge in [0.15, 0.2) is 5.78 Å². The smallest absolute Gasteiger partial charge is 0.176 e. The fraction of sp³-hybridized carbons (Fsp3) is 0.462. The topological polar surface area (TPSA) is 26.3 Å². The number of carbonyl (C=O) groups is 1. The summed E-state index contributed by atoms with van der Waals surface area (Å²) in [5.74, 6) is 1.41. The van der Waals surface area contributed by atoms with Crippen LogP contribution >= 0.6 is 15.9 Å². The molecule has 0 saturated heterocycles. The summed E-state index contributed by atoms with van der Waals surface area (Å²) in [7, 11) is 1.61. The van der Waals surface area contributed by atoms with Crippen molar-refractivity contribution >= 4 is 21.7 Å². The highest BCUT2D eigenvalue weighted by atomic mass is 79.9. The highest BCUT2D eigenvalue weighted by Gasteiger charge is 2.17. The largest absolute Gasteiger partial charge is 0.497 e. The van der Waals surface area contributed by atoms with E-state index in [1.54, 1.807) is 19.2 Å². The average Bonchev–Trinajstić information content (AvgIpc) is 2.27. The summed E-state index contributed by atoms with van der Waals surface area (Å²) in [6.45, 7) is 4.21. The van der Waals surface area contributed by atoms with Crippen LogP contribution in [-0.2, 0) is 0 Å². The second-order valence-electron chi connectivity index (χ2n) is 4.19. The van der Waals surface area contributed by atoms with Crippen molar-refractivity contribution < 1.29 is 9.53 Å².